The Morgan fingerprint density at radius 2 is 1.59 bits per heavy atom. The maximum Gasteiger partial charge on any atom is 0.435 e. The molecule has 0 aliphatic heterocycles. The third kappa shape index (κ3) is 2.89. The van der Waals surface area contributed by atoms with E-state index in [2.05, 4.69) is 10.2 Å². The van der Waals surface area contributed by atoms with E-state index in [9.17, 15) is 26.3 Å². The summed E-state index contributed by atoms with van der Waals surface area (Å²) in [6, 6.07) is 5.96. The molecule has 0 N–H and O–H groups in total. The van der Waals surface area contributed by atoms with E-state index in [1.54, 1.807) is 0 Å². The van der Waals surface area contributed by atoms with Crippen molar-refractivity contribution in [2.24, 2.45) is 0 Å². The van der Waals surface area contributed by atoms with Crippen molar-refractivity contribution in [3.63, 3.8) is 0 Å². The smallest absolute Gasteiger partial charge is 0.239 e. The lowest BCUT2D eigenvalue weighted by Gasteiger charge is -2.08. The monoisotopic (exact) mass is 404 g/mol. The summed E-state index contributed by atoms with van der Waals surface area (Å²) in [4.78, 5) is 0. The van der Waals surface area contributed by atoms with Gasteiger partial charge in [-0.05, 0) is 29.8 Å². The van der Waals surface area contributed by atoms with Gasteiger partial charge in [-0.25, -0.2) is 4.52 Å². The molecule has 4 nitrogen and oxygen atoms in total. The second-order valence-electron chi connectivity index (χ2n) is 5.74. The van der Waals surface area contributed by atoms with Crippen molar-refractivity contribution in [3.8, 4) is 11.1 Å². The molecule has 4 rings (SSSR count). The first-order valence-corrected chi connectivity index (χ1v) is 7.70. The zero-order valence-corrected chi connectivity index (χ0v) is 13.7. The molecule has 0 bridgehead atoms. The van der Waals surface area contributed by atoms with Gasteiger partial charge in [0.25, 0.3) is 0 Å². The Hall–Kier alpha value is -2.75. The highest BCUT2D eigenvalue weighted by molar-refractivity contribution is 6.18. The van der Waals surface area contributed by atoms with Crippen LogP contribution in [0.4, 0.5) is 26.3 Å². The van der Waals surface area contributed by atoms with E-state index in [4.69, 9.17) is 11.8 Å². The molecule has 3 aromatic heterocycles. The normalized spacial score (nSPS) is 13.0. The zero-order chi connectivity index (χ0) is 19.6. The van der Waals surface area contributed by atoms with E-state index in [1.807, 2.05) is 0 Å². The minimum absolute atomic E-state index is 0.104. The lowest BCUT2D eigenvalue weighted by atomic mass is 10.0. The molecular weight excluding hydrogens is 398 g/mol. The first-order valence-electron chi connectivity index (χ1n) is 7.37. The van der Waals surface area contributed by atoms with Crippen molar-refractivity contribution in [3.05, 3.63) is 54.0 Å². The molecule has 0 saturated carbocycles. The molecule has 0 saturated heterocycles. The number of fused-ring (bicyclic) bond motifs is 2. The molecule has 0 fully saturated rings. The summed E-state index contributed by atoms with van der Waals surface area (Å²) in [6.45, 7) is 0. The Kier molecular flexibility index (Phi) is 3.68. The fourth-order valence-electron chi connectivity index (χ4n) is 2.86. The number of alkyl halides is 6. The summed E-state index contributed by atoms with van der Waals surface area (Å²) in [5.41, 5.74) is -2.19. The Labute approximate surface area is 151 Å². The van der Waals surface area contributed by atoms with Crippen LogP contribution in [0.25, 0.3) is 27.5 Å². The molecule has 0 atom stereocenters. The largest absolute Gasteiger partial charge is 0.435 e. The van der Waals surface area contributed by atoms with Gasteiger partial charge in [-0.1, -0.05) is 6.07 Å². The third-order valence-corrected chi connectivity index (χ3v) is 4.31. The molecule has 0 aliphatic carbocycles. The topological polar surface area (TPSA) is 35.1 Å². The predicted molar refractivity (Wildman–Crippen MR) is 85.2 cm³/mol. The molecule has 1 aromatic carbocycles. The van der Waals surface area contributed by atoms with E-state index in [-0.39, 0.29) is 16.6 Å². The van der Waals surface area contributed by atoms with E-state index >= 15 is 0 Å². The van der Waals surface area contributed by atoms with E-state index < -0.39 is 23.6 Å². The van der Waals surface area contributed by atoms with E-state index in [0.717, 1.165) is 16.3 Å². The second-order valence-corrected chi connectivity index (χ2v) is 6.07. The number of rotatable bonds is 1. The molecule has 4 aromatic rings. The fraction of sp³-hybridized carbons (Fsp3) is 0.125. The van der Waals surface area contributed by atoms with Crippen LogP contribution in [-0.2, 0) is 12.4 Å². The van der Waals surface area contributed by atoms with E-state index in [1.165, 1.54) is 24.4 Å². The average molecular weight is 405 g/mol. The zero-order valence-electron chi connectivity index (χ0n) is 13.0. The summed E-state index contributed by atoms with van der Waals surface area (Å²) in [5.74, 6) is 0. The fourth-order valence-corrected chi connectivity index (χ4v) is 3.05. The number of aromatic nitrogens is 4. The van der Waals surface area contributed by atoms with Gasteiger partial charge in [-0.15, -0.1) is 0 Å². The van der Waals surface area contributed by atoms with Crippen molar-refractivity contribution in [1.82, 2.24) is 18.9 Å². The molecule has 0 unspecified atom stereocenters. The van der Waals surface area contributed by atoms with Crippen LogP contribution in [0, 0.1) is 0 Å². The van der Waals surface area contributed by atoms with Crippen LogP contribution in [0.1, 0.15) is 11.3 Å². The first kappa shape index (κ1) is 17.7. The molecule has 11 heteroatoms. The van der Waals surface area contributed by atoms with Gasteiger partial charge in [0.05, 0.1) is 22.8 Å². The Morgan fingerprint density at radius 1 is 0.889 bits per heavy atom. The summed E-state index contributed by atoms with van der Waals surface area (Å²) in [7, 11) is 0. The van der Waals surface area contributed by atoms with Crippen molar-refractivity contribution < 1.29 is 26.3 Å². The standard InChI is InChI=1S/C16H7ClF6N4/c17-27-11-3-1-8(5-9(11)6-24-27)13-12-4-2-10(15(18,19)20)7-26(12)25-14(13)16(21,22)23/h1-7H. The molecule has 0 amide bonds. The van der Waals surface area contributed by atoms with Gasteiger partial charge in [0.15, 0.2) is 5.69 Å². The minimum atomic E-state index is -4.86. The molecule has 0 radical (unpaired) electrons. The number of hydrogen-bond donors (Lipinski definition) is 0. The van der Waals surface area contributed by atoms with Gasteiger partial charge in [-0.3, -0.25) is 0 Å². The lowest BCUT2D eigenvalue weighted by Crippen LogP contribution is -2.08. The predicted octanol–water partition coefficient (Wildman–Crippen LogP) is 5.39. The van der Waals surface area contributed by atoms with Gasteiger partial charge >= 0.3 is 12.4 Å². The summed E-state index contributed by atoms with van der Waals surface area (Å²) in [6.07, 6.45) is -7.66. The van der Waals surface area contributed by atoms with Crippen LogP contribution < -0.4 is 0 Å². The highest BCUT2D eigenvalue weighted by atomic mass is 35.5. The van der Waals surface area contributed by atoms with Gasteiger partial charge in [0.2, 0.25) is 0 Å². The van der Waals surface area contributed by atoms with Crippen molar-refractivity contribution >= 4 is 28.2 Å². The quantitative estimate of drug-likeness (QED) is 0.399. The van der Waals surface area contributed by atoms with Gasteiger partial charge < -0.3 is 0 Å². The molecule has 0 aliphatic rings. The van der Waals surface area contributed by atoms with Crippen LogP contribution in [0.2, 0.25) is 0 Å². The maximum atomic E-state index is 13.5. The molecule has 140 valence electrons. The molecule has 27 heavy (non-hydrogen) atoms. The van der Waals surface area contributed by atoms with Crippen LogP contribution in [-0.4, -0.2) is 18.9 Å². The second kappa shape index (κ2) is 5.62. The molecule has 3 heterocycles. The highest BCUT2D eigenvalue weighted by Gasteiger charge is 2.39. The van der Waals surface area contributed by atoms with Gasteiger partial charge in [0, 0.05) is 28.9 Å². The third-order valence-electron chi connectivity index (χ3n) is 4.04. The average Bonchev–Trinajstić information content (AvgIpc) is 3.14. The minimum Gasteiger partial charge on any atom is -0.239 e. The van der Waals surface area contributed by atoms with Crippen molar-refractivity contribution in [2.75, 3.05) is 0 Å². The SMILES string of the molecule is FC(F)(F)c1ccc2c(-c3ccc4c(cnn4Cl)c3)c(C(F)(F)F)nn2c1. The first-order chi connectivity index (χ1) is 12.6. The van der Waals surface area contributed by atoms with E-state index in [0.29, 0.717) is 21.6 Å². The van der Waals surface area contributed by atoms with Crippen LogP contribution in [0.5, 0.6) is 0 Å². The van der Waals surface area contributed by atoms with Crippen molar-refractivity contribution in [1.29, 1.82) is 0 Å². The summed E-state index contributed by atoms with van der Waals surface area (Å²) < 4.78 is 80.7. The summed E-state index contributed by atoms with van der Waals surface area (Å²) >= 11 is 5.81. The van der Waals surface area contributed by atoms with Crippen LogP contribution in [0.3, 0.4) is 0 Å². The molecular formula is C16H7ClF6N4. The number of pyridine rings is 1. The highest BCUT2D eigenvalue weighted by Crippen LogP contribution is 2.40. The number of halogens is 7. The van der Waals surface area contributed by atoms with Crippen molar-refractivity contribution in [2.45, 2.75) is 12.4 Å². The summed E-state index contributed by atoms with van der Waals surface area (Å²) in [5, 5.41) is 7.64. The Bertz CT molecular complexity index is 1170. The van der Waals surface area contributed by atoms with Crippen LogP contribution >= 0.6 is 11.8 Å². The Balaban J connectivity index is 2.01. The Morgan fingerprint density at radius 3 is 2.26 bits per heavy atom. The van der Waals surface area contributed by atoms with Crippen LogP contribution in [0.15, 0.2) is 42.7 Å². The van der Waals surface area contributed by atoms with Gasteiger partial charge in [-0.2, -0.15) is 40.7 Å². The number of hydrogen-bond acceptors (Lipinski definition) is 2. The maximum absolute atomic E-state index is 13.5. The number of benzene rings is 1. The number of nitrogens with zero attached hydrogens (tertiary/aromatic N) is 4. The molecule has 0 spiro atoms. The van der Waals surface area contributed by atoms with Gasteiger partial charge in [0.1, 0.15) is 0 Å². The lowest BCUT2D eigenvalue weighted by molar-refractivity contribution is -0.140.